The van der Waals surface area contributed by atoms with E-state index in [2.05, 4.69) is 16.7 Å². The lowest BCUT2D eigenvalue weighted by Crippen LogP contribution is -2.41. The fourth-order valence-corrected chi connectivity index (χ4v) is 4.20. The molecule has 4 rings (SSSR count). The average molecular weight is 499 g/mol. The summed E-state index contributed by atoms with van der Waals surface area (Å²) in [6.45, 7) is 2.95. The number of nitrogens with one attached hydrogen (secondary N) is 2. The average Bonchev–Trinajstić information content (AvgIpc) is 2.82. The quantitative estimate of drug-likeness (QED) is 0.534. The minimum atomic E-state index is -5.08. The van der Waals surface area contributed by atoms with Crippen molar-refractivity contribution in [3.8, 4) is 0 Å². The number of alkyl halides is 3. The van der Waals surface area contributed by atoms with Crippen LogP contribution < -0.4 is 10.6 Å². The van der Waals surface area contributed by atoms with E-state index < -0.39 is 23.8 Å². The van der Waals surface area contributed by atoms with Gasteiger partial charge in [0.2, 0.25) is 0 Å². The van der Waals surface area contributed by atoms with Crippen molar-refractivity contribution in [2.45, 2.75) is 38.4 Å². The number of carbonyl (C=O) groups excluding carboxylic acids is 1. The van der Waals surface area contributed by atoms with Gasteiger partial charge in [-0.25, -0.2) is 18.4 Å². The van der Waals surface area contributed by atoms with Crippen LogP contribution in [0.3, 0.4) is 0 Å². The van der Waals surface area contributed by atoms with Gasteiger partial charge in [0.1, 0.15) is 11.6 Å². The van der Waals surface area contributed by atoms with E-state index in [-0.39, 0.29) is 17.5 Å². The highest BCUT2D eigenvalue weighted by Crippen LogP contribution is 2.27. The van der Waals surface area contributed by atoms with Gasteiger partial charge >= 0.3 is 18.2 Å². The summed E-state index contributed by atoms with van der Waals surface area (Å²) in [4.78, 5) is 23.4. The summed E-state index contributed by atoms with van der Waals surface area (Å²) in [6, 6.07) is 9.91. The van der Waals surface area contributed by atoms with E-state index in [9.17, 15) is 26.7 Å². The van der Waals surface area contributed by atoms with Crippen molar-refractivity contribution >= 4 is 17.7 Å². The van der Waals surface area contributed by atoms with E-state index in [1.807, 2.05) is 12.1 Å². The Morgan fingerprint density at radius 1 is 1.06 bits per heavy atom. The molecular weight excluding hydrogens is 473 g/mol. The maximum absolute atomic E-state index is 13.9. The highest BCUT2D eigenvalue weighted by molar-refractivity contribution is 5.90. The van der Waals surface area contributed by atoms with E-state index in [0.29, 0.717) is 19.5 Å². The second-order valence-corrected chi connectivity index (χ2v) is 8.44. The second-order valence-electron chi connectivity index (χ2n) is 8.44. The van der Waals surface area contributed by atoms with Gasteiger partial charge in [-0.3, -0.25) is 0 Å². The van der Waals surface area contributed by atoms with Gasteiger partial charge in [0.15, 0.2) is 0 Å². The first-order chi connectivity index (χ1) is 16.6. The molecule has 11 heteroatoms. The molecule has 2 aromatic carbocycles. The Kier molecular flexibility index (Phi) is 8.66. The lowest BCUT2D eigenvalue weighted by molar-refractivity contribution is -0.192. The lowest BCUT2D eigenvalue weighted by Gasteiger charge is -2.32. The standard InChI is InChI=1S/C22H25F2N3O.C2HF3O2/c23-19-4-2-5-20(24)18(19)13-15-8-11-27(12-9-15)22(28)26-21-6-1-3-16-14-25-10-7-17(16)21;3-2(4,5)1(6)7/h1-6,15,25H,7-14H2,(H,26,28);(H,6,7). The normalized spacial score (nSPS) is 16.1. The third kappa shape index (κ3) is 7.14. The maximum Gasteiger partial charge on any atom is 0.490 e. The predicted molar refractivity (Wildman–Crippen MR) is 119 cm³/mol. The summed E-state index contributed by atoms with van der Waals surface area (Å²) in [5.41, 5.74) is 3.49. The Morgan fingerprint density at radius 2 is 1.66 bits per heavy atom. The van der Waals surface area contributed by atoms with Crippen LogP contribution in [0.25, 0.3) is 0 Å². The minimum Gasteiger partial charge on any atom is -0.475 e. The van der Waals surface area contributed by atoms with Gasteiger partial charge in [-0.2, -0.15) is 13.2 Å². The summed E-state index contributed by atoms with van der Waals surface area (Å²) >= 11 is 0. The fraction of sp³-hybridized carbons (Fsp3) is 0.417. The lowest BCUT2D eigenvalue weighted by atomic mass is 9.90. The number of urea groups is 1. The van der Waals surface area contributed by atoms with Crippen molar-refractivity contribution < 1.29 is 36.6 Å². The Hall–Kier alpha value is -3.21. The number of hydrogen-bond donors (Lipinski definition) is 3. The summed E-state index contributed by atoms with van der Waals surface area (Å²) in [5, 5.41) is 13.5. The van der Waals surface area contributed by atoms with Crippen molar-refractivity contribution in [1.82, 2.24) is 10.2 Å². The number of halogens is 5. The maximum atomic E-state index is 13.9. The third-order valence-corrected chi connectivity index (χ3v) is 6.08. The first-order valence-electron chi connectivity index (χ1n) is 11.2. The Balaban J connectivity index is 0.000000429. The van der Waals surface area contributed by atoms with Crippen LogP contribution in [0, 0.1) is 17.6 Å². The molecule has 0 aromatic heterocycles. The van der Waals surface area contributed by atoms with Crippen molar-refractivity contribution in [3.05, 3.63) is 64.7 Å². The minimum absolute atomic E-state index is 0.0949. The Labute approximate surface area is 199 Å². The summed E-state index contributed by atoms with van der Waals surface area (Å²) in [7, 11) is 0. The molecule has 0 spiro atoms. The van der Waals surface area contributed by atoms with E-state index in [1.54, 1.807) is 4.90 Å². The van der Waals surface area contributed by atoms with Gasteiger partial charge in [-0.1, -0.05) is 18.2 Å². The number of amides is 2. The molecule has 2 amide bonds. The highest BCUT2D eigenvalue weighted by atomic mass is 19.4. The number of fused-ring (bicyclic) bond motifs is 1. The van der Waals surface area contributed by atoms with Crippen LogP contribution in [0.2, 0.25) is 0 Å². The topological polar surface area (TPSA) is 81.7 Å². The van der Waals surface area contributed by atoms with Crippen molar-refractivity contribution in [3.63, 3.8) is 0 Å². The van der Waals surface area contributed by atoms with E-state index in [1.165, 1.54) is 29.3 Å². The number of aliphatic carboxylic acids is 1. The van der Waals surface area contributed by atoms with Crippen LogP contribution in [0.5, 0.6) is 0 Å². The molecule has 1 fully saturated rings. The smallest absolute Gasteiger partial charge is 0.475 e. The summed E-state index contributed by atoms with van der Waals surface area (Å²) in [6.07, 6.45) is -2.30. The van der Waals surface area contributed by atoms with Crippen LogP contribution in [0.15, 0.2) is 36.4 Å². The molecule has 2 heterocycles. The van der Waals surface area contributed by atoms with Crippen LogP contribution in [-0.4, -0.2) is 47.8 Å². The molecule has 2 aromatic rings. The number of hydrogen-bond acceptors (Lipinski definition) is 3. The zero-order valence-corrected chi connectivity index (χ0v) is 18.8. The van der Waals surface area contributed by atoms with E-state index in [0.717, 1.165) is 38.0 Å². The molecule has 0 bridgehead atoms. The van der Waals surface area contributed by atoms with Gasteiger partial charge in [-0.15, -0.1) is 0 Å². The predicted octanol–water partition coefficient (Wildman–Crippen LogP) is 4.73. The zero-order valence-electron chi connectivity index (χ0n) is 18.8. The number of benzene rings is 2. The van der Waals surface area contributed by atoms with Gasteiger partial charge in [0.25, 0.3) is 0 Å². The van der Waals surface area contributed by atoms with Gasteiger partial charge in [0, 0.05) is 30.9 Å². The molecule has 0 atom stereocenters. The van der Waals surface area contributed by atoms with E-state index in [4.69, 9.17) is 9.90 Å². The molecule has 0 radical (unpaired) electrons. The number of carbonyl (C=O) groups is 2. The number of piperidine rings is 1. The van der Waals surface area contributed by atoms with Crippen LogP contribution >= 0.6 is 0 Å². The Morgan fingerprint density at radius 3 is 2.26 bits per heavy atom. The molecule has 0 aliphatic carbocycles. The number of nitrogens with zero attached hydrogens (tertiary/aromatic N) is 1. The highest BCUT2D eigenvalue weighted by Gasteiger charge is 2.38. The molecule has 6 nitrogen and oxygen atoms in total. The number of carboxylic acids is 1. The molecule has 35 heavy (non-hydrogen) atoms. The molecule has 0 saturated carbocycles. The first-order valence-corrected chi connectivity index (χ1v) is 11.2. The number of likely N-dealkylation sites (tertiary alicyclic amines) is 1. The fourth-order valence-electron chi connectivity index (χ4n) is 4.20. The van der Waals surface area contributed by atoms with Gasteiger partial charge in [-0.05, 0) is 67.5 Å². The number of anilines is 1. The van der Waals surface area contributed by atoms with Crippen molar-refractivity contribution in [2.24, 2.45) is 5.92 Å². The van der Waals surface area contributed by atoms with E-state index >= 15 is 0 Å². The zero-order chi connectivity index (χ0) is 25.6. The number of carboxylic acid groups (broad SMARTS) is 1. The molecule has 190 valence electrons. The van der Waals surface area contributed by atoms with Crippen molar-refractivity contribution in [1.29, 1.82) is 0 Å². The van der Waals surface area contributed by atoms with Crippen molar-refractivity contribution in [2.75, 3.05) is 25.0 Å². The molecule has 3 N–H and O–H groups in total. The first kappa shape index (κ1) is 26.4. The van der Waals surface area contributed by atoms with Crippen LogP contribution in [-0.2, 0) is 24.2 Å². The van der Waals surface area contributed by atoms with Gasteiger partial charge < -0.3 is 20.6 Å². The monoisotopic (exact) mass is 499 g/mol. The van der Waals surface area contributed by atoms with Crippen LogP contribution in [0.4, 0.5) is 32.4 Å². The Bertz CT molecular complexity index is 1030. The van der Waals surface area contributed by atoms with Crippen LogP contribution in [0.1, 0.15) is 29.5 Å². The molecule has 2 aliphatic heterocycles. The van der Waals surface area contributed by atoms with Gasteiger partial charge in [0.05, 0.1) is 0 Å². The molecule has 0 unspecified atom stereocenters. The third-order valence-electron chi connectivity index (χ3n) is 6.08. The largest absolute Gasteiger partial charge is 0.490 e. The summed E-state index contributed by atoms with van der Waals surface area (Å²) < 4.78 is 59.5. The SMILES string of the molecule is O=C(Nc1cccc2c1CCNC2)N1CCC(Cc2c(F)cccc2F)CC1.O=C(O)C(F)(F)F. The number of rotatable bonds is 3. The second kappa shape index (κ2) is 11.5. The molecule has 1 saturated heterocycles. The summed E-state index contributed by atoms with van der Waals surface area (Å²) in [5.74, 6) is -3.54. The molecular formula is C24H26F5N3O3. The molecule has 2 aliphatic rings.